The molecule has 0 saturated carbocycles. The maximum absolute atomic E-state index is 10.5. The first kappa shape index (κ1) is 15.7. The largest absolute Gasteiger partial charge is 0.493 e. The number of ether oxygens (including phenoxy) is 2. The average Bonchev–Trinajstić information content (AvgIpc) is 2.53. The van der Waals surface area contributed by atoms with Crippen LogP contribution in [0.2, 0.25) is 5.02 Å². The van der Waals surface area contributed by atoms with E-state index in [0.717, 1.165) is 12.0 Å². The van der Waals surface area contributed by atoms with Gasteiger partial charge in [0.05, 0.1) is 19.2 Å². The van der Waals surface area contributed by atoms with Gasteiger partial charge in [-0.25, -0.2) is 0 Å². The first-order valence-corrected chi connectivity index (χ1v) is 7.17. The van der Waals surface area contributed by atoms with Crippen LogP contribution in [0.4, 0.5) is 0 Å². The van der Waals surface area contributed by atoms with Crippen molar-refractivity contribution >= 4 is 11.6 Å². The number of halogens is 1. The number of aryl methyl sites for hydroxylation is 1. The second-order valence-electron chi connectivity index (χ2n) is 4.70. The lowest BCUT2D eigenvalue weighted by atomic mass is 9.99. The summed E-state index contributed by atoms with van der Waals surface area (Å²) in [6.45, 7) is 2.09. The monoisotopic (exact) mass is 306 g/mol. The predicted molar refractivity (Wildman–Crippen MR) is 84.4 cm³/mol. The zero-order valence-corrected chi connectivity index (χ0v) is 13.1. The minimum Gasteiger partial charge on any atom is -0.493 e. The van der Waals surface area contributed by atoms with Crippen LogP contribution in [0.1, 0.15) is 29.7 Å². The molecule has 2 rings (SSSR count). The maximum Gasteiger partial charge on any atom is 0.179 e. The first-order valence-electron chi connectivity index (χ1n) is 6.79. The number of benzene rings is 2. The van der Waals surface area contributed by atoms with Gasteiger partial charge >= 0.3 is 0 Å². The Morgan fingerprint density at radius 2 is 1.71 bits per heavy atom. The smallest absolute Gasteiger partial charge is 0.179 e. The van der Waals surface area contributed by atoms with Gasteiger partial charge in [0.25, 0.3) is 0 Å². The van der Waals surface area contributed by atoms with Gasteiger partial charge in [-0.1, -0.05) is 48.9 Å². The van der Waals surface area contributed by atoms with Gasteiger partial charge in [-0.05, 0) is 23.6 Å². The van der Waals surface area contributed by atoms with E-state index in [1.165, 1.54) is 12.7 Å². The van der Waals surface area contributed by atoms with Crippen molar-refractivity contribution in [3.63, 3.8) is 0 Å². The van der Waals surface area contributed by atoms with E-state index < -0.39 is 6.10 Å². The fraction of sp³-hybridized carbons (Fsp3) is 0.294. The van der Waals surface area contributed by atoms with Gasteiger partial charge in [0.2, 0.25) is 0 Å². The van der Waals surface area contributed by atoms with Crippen molar-refractivity contribution in [1.29, 1.82) is 0 Å². The molecule has 0 saturated heterocycles. The lowest BCUT2D eigenvalue weighted by Crippen LogP contribution is -2.03. The fourth-order valence-electron chi connectivity index (χ4n) is 2.23. The molecule has 2 aromatic carbocycles. The van der Waals surface area contributed by atoms with Gasteiger partial charge in [-0.2, -0.15) is 0 Å². The van der Waals surface area contributed by atoms with Crippen molar-refractivity contribution in [2.24, 2.45) is 0 Å². The summed E-state index contributed by atoms with van der Waals surface area (Å²) in [7, 11) is 3.07. The van der Waals surface area contributed by atoms with E-state index in [9.17, 15) is 5.11 Å². The van der Waals surface area contributed by atoms with Crippen molar-refractivity contribution in [2.45, 2.75) is 19.4 Å². The molecule has 0 radical (unpaired) electrons. The van der Waals surface area contributed by atoms with Crippen molar-refractivity contribution in [1.82, 2.24) is 0 Å². The lowest BCUT2D eigenvalue weighted by Gasteiger charge is -2.17. The van der Waals surface area contributed by atoms with Crippen LogP contribution < -0.4 is 9.47 Å². The fourth-order valence-corrected chi connectivity index (χ4v) is 2.57. The first-order chi connectivity index (χ1) is 10.1. The summed E-state index contributed by atoms with van der Waals surface area (Å²) in [6.07, 6.45) is 0.163. The highest BCUT2D eigenvalue weighted by Gasteiger charge is 2.19. The minimum atomic E-state index is -0.803. The molecule has 0 aliphatic rings. The van der Waals surface area contributed by atoms with Crippen LogP contribution in [-0.4, -0.2) is 19.3 Å². The molecule has 0 spiro atoms. The molecule has 0 aliphatic carbocycles. The quantitative estimate of drug-likeness (QED) is 0.907. The second-order valence-corrected chi connectivity index (χ2v) is 5.08. The number of rotatable bonds is 5. The van der Waals surface area contributed by atoms with Crippen LogP contribution in [0.15, 0.2) is 36.4 Å². The molecule has 0 bridgehead atoms. The number of aliphatic hydroxyl groups is 1. The lowest BCUT2D eigenvalue weighted by molar-refractivity contribution is 0.219. The molecule has 112 valence electrons. The van der Waals surface area contributed by atoms with Crippen LogP contribution >= 0.6 is 11.6 Å². The summed E-state index contributed by atoms with van der Waals surface area (Å²) >= 11 is 6.33. The van der Waals surface area contributed by atoms with Crippen molar-refractivity contribution in [3.05, 3.63) is 58.1 Å². The maximum atomic E-state index is 10.5. The van der Waals surface area contributed by atoms with Gasteiger partial charge in [-0.3, -0.25) is 0 Å². The summed E-state index contributed by atoms with van der Waals surface area (Å²) in [4.78, 5) is 0. The third kappa shape index (κ3) is 3.14. The summed E-state index contributed by atoms with van der Waals surface area (Å²) in [5, 5.41) is 10.9. The Kier molecular flexibility index (Phi) is 5.10. The molecule has 2 aromatic rings. The van der Waals surface area contributed by atoms with Crippen molar-refractivity contribution in [2.75, 3.05) is 14.2 Å². The predicted octanol–water partition coefficient (Wildman–Crippen LogP) is 4.00. The van der Waals surface area contributed by atoms with E-state index in [-0.39, 0.29) is 0 Å². The molecule has 1 N–H and O–H groups in total. The van der Waals surface area contributed by atoms with Crippen LogP contribution in [-0.2, 0) is 6.42 Å². The second kappa shape index (κ2) is 6.83. The van der Waals surface area contributed by atoms with Crippen LogP contribution in [0.5, 0.6) is 11.5 Å². The Hall–Kier alpha value is -1.71. The van der Waals surface area contributed by atoms with Gasteiger partial charge in [-0.15, -0.1) is 0 Å². The molecule has 4 heteroatoms. The Morgan fingerprint density at radius 3 is 2.24 bits per heavy atom. The summed E-state index contributed by atoms with van der Waals surface area (Å²) in [5.41, 5.74) is 2.62. The molecule has 1 atom stereocenters. The van der Waals surface area contributed by atoms with E-state index in [2.05, 4.69) is 6.92 Å². The highest BCUT2D eigenvalue weighted by atomic mass is 35.5. The highest BCUT2D eigenvalue weighted by Crippen LogP contribution is 2.40. The van der Waals surface area contributed by atoms with Crippen molar-refractivity contribution < 1.29 is 14.6 Å². The number of aliphatic hydroxyl groups excluding tert-OH is 1. The SMILES string of the molecule is CCc1ccc(C(O)c2ccc(OC)c(OC)c2Cl)cc1. The molecule has 0 aliphatic heterocycles. The van der Waals surface area contributed by atoms with Crippen molar-refractivity contribution in [3.8, 4) is 11.5 Å². The standard InChI is InChI=1S/C17H19ClO3/c1-4-11-5-7-12(8-6-11)16(19)13-9-10-14(20-2)17(21-3)15(13)18/h5-10,16,19H,4H2,1-3H3. The Bertz CT molecular complexity index is 608. The molecule has 21 heavy (non-hydrogen) atoms. The van der Waals surface area contributed by atoms with Crippen LogP contribution in [0.3, 0.4) is 0 Å². The molecule has 0 aromatic heterocycles. The molecular weight excluding hydrogens is 288 g/mol. The van der Waals surface area contributed by atoms with E-state index in [0.29, 0.717) is 22.1 Å². The van der Waals surface area contributed by atoms with Gasteiger partial charge in [0, 0.05) is 5.56 Å². The van der Waals surface area contributed by atoms with Gasteiger partial charge in [0.15, 0.2) is 11.5 Å². The summed E-state index contributed by atoms with van der Waals surface area (Å²) in [6, 6.07) is 11.3. The number of hydrogen-bond donors (Lipinski definition) is 1. The minimum absolute atomic E-state index is 0.365. The highest BCUT2D eigenvalue weighted by molar-refractivity contribution is 6.33. The topological polar surface area (TPSA) is 38.7 Å². The zero-order valence-electron chi connectivity index (χ0n) is 12.4. The Balaban J connectivity index is 2.40. The third-order valence-electron chi connectivity index (χ3n) is 3.51. The molecule has 1 unspecified atom stereocenters. The molecule has 0 amide bonds. The normalized spacial score (nSPS) is 12.0. The number of hydrogen-bond acceptors (Lipinski definition) is 3. The van der Waals surface area contributed by atoms with Gasteiger partial charge < -0.3 is 14.6 Å². The van der Waals surface area contributed by atoms with Crippen LogP contribution in [0, 0.1) is 0 Å². The van der Waals surface area contributed by atoms with E-state index in [1.54, 1.807) is 19.2 Å². The Morgan fingerprint density at radius 1 is 1.05 bits per heavy atom. The molecule has 0 heterocycles. The van der Waals surface area contributed by atoms with Gasteiger partial charge in [0.1, 0.15) is 6.10 Å². The van der Waals surface area contributed by atoms with E-state index in [1.807, 2.05) is 24.3 Å². The molecule has 3 nitrogen and oxygen atoms in total. The van der Waals surface area contributed by atoms with Crippen LogP contribution in [0.25, 0.3) is 0 Å². The van der Waals surface area contributed by atoms with E-state index in [4.69, 9.17) is 21.1 Å². The Labute approximate surface area is 130 Å². The average molecular weight is 307 g/mol. The molecule has 0 fully saturated rings. The molecular formula is C17H19ClO3. The van der Waals surface area contributed by atoms with E-state index >= 15 is 0 Å². The summed E-state index contributed by atoms with van der Waals surface area (Å²) in [5.74, 6) is 0.973. The number of methoxy groups -OCH3 is 2. The third-order valence-corrected chi connectivity index (χ3v) is 3.90. The zero-order chi connectivity index (χ0) is 15.4. The summed E-state index contributed by atoms with van der Waals surface area (Å²) < 4.78 is 10.5.